The molecule has 1 aromatic heterocycles. The molecule has 0 aromatic carbocycles. The number of nitrogens with one attached hydrogen (secondary N) is 1. The minimum atomic E-state index is 0.690. The first-order valence-corrected chi connectivity index (χ1v) is 9.30. The molecule has 0 radical (unpaired) electrons. The van der Waals surface area contributed by atoms with E-state index in [1.165, 1.54) is 0 Å². The van der Waals surface area contributed by atoms with Crippen molar-refractivity contribution in [1.29, 1.82) is 0 Å². The average Bonchev–Trinajstić information content (AvgIpc) is 3.00. The summed E-state index contributed by atoms with van der Waals surface area (Å²) >= 11 is 5.41. The summed E-state index contributed by atoms with van der Waals surface area (Å²) in [4.78, 5) is 4.74. The Morgan fingerprint density at radius 2 is 1.80 bits per heavy atom. The van der Waals surface area contributed by atoms with Crippen LogP contribution in [-0.2, 0) is 27.2 Å². The number of methoxy groups -OCH3 is 2. The van der Waals surface area contributed by atoms with Crippen LogP contribution in [0, 0.1) is 4.77 Å². The van der Waals surface area contributed by atoms with Crippen molar-refractivity contribution in [1.82, 2.24) is 24.6 Å². The quantitative estimate of drug-likeness (QED) is 0.532. The van der Waals surface area contributed by atoms with Gasteiger partial charge in [-0.3, -0.25) is 14.9 Å². The molecule has 0 atom stereocenters. The van der Waals surface area contributed by atoms with Gasteiger partial charge < -0.3 is 18.8 Å². The fraction of sp³-hybridized carbons (Fsp3) is 0.875. The Kier molecular flexibility index (Phi) is 9.59. The van der Waals surface area contributed by atoms with E-state index in [0.717, 1.165) is 71.3 Å². The van der Waals surface area contributed by atoms with Gasteiger partial charge in [-0.05, 0) is 12.2 Å². The molecule has 1 fully saturated rings. The first-order chi connectivity index (χ1) is 12.2. The van der Waals surface area contributed by atoms with E-state index in [1.807, 2.05) is 0 Å². The van der Waals surface area contributed by atoms with Crippen molar-refractivity contribution >= 4 is 12.2 Å². The number of morpholine rings is 1. The average molecular weight is 374 g/mol. The van der Waals surface area contributed by atoms with Crippen LogP contribution in [0.25, 0.3) is 0 Å². The highest BCUT2D eigenvalue weighted by molar-refractivity contribution is 7.71. The van der Waals surface area contributed by atoms with E-state index >= 15 is 0 Å². The summed E-state index contributed by atoms with van der Waals surface area (Å²) in [6.45, 7) is 9.52. The second-order valence-electron chi connectivity index (χ2n) is 6.13. The smallest absolute Gasteiger partial charge is 0.195 e. The molecule has 144 valence electrons. The van der Waals surface area contributed by atoms with E-state index < -0.39 is 0 Å². The van der Waals surface area contributed by atoms with Crippen LogP contribution < -0.4 is 0 Å². The highest BCUT2D eigenvalue weighted by Gasteiger charge is 2.13. The van der Waals surface area contributed by atoms with Gasteiger partial charge >= 0.3 is 0 Å². The SMILES string of the molecule is COCCN(CCOC)CCn1c(CCN2CCOCC2)n[nH]c1=S. The van der Waals surface area contributed by atoms with Gasteiger partial charge in [0.15, 0.2) is 4.77 Å². The lowest BCUT2D eigenvalue weighted by molar-refractivity contribution is 0.0381. The molecule has 25 heavy (non-hydrogen) atoms. The van der Waals surface area contributed by atoms with E-state index in [9.17, 15) is 0 Å². The lowest BCUT2D eigenvalue weighted by Gasteiger charge is -2.26. The Hall–Kier alpha value is -0.840. The van der Waals surface area contributed by atoms with Crippen LogP contribution in [0.3, 0.4) is 0 Å². The summed E-state index contributed by atoms with van der Waals surface area (Å²) < 4.78 is 18.6. The minimum absolute atomic E-state index is 0.690. The molecule has 0 spiro atoms. The largest absolute Gasteiger partial charge is 0.383 e. The summed E-state index contributed by atoms with van der Waals surface area (Å²) in [5, 5.41) is 7.36. The summed E-state index contributed by atoms with van der Waals surface area (Å²) in [7, 11) is 3.45. The fourth-order valence-electron chi connectivity index (χ4n) is 2.87. The number of hydrogen-bond donors (Lipinski definition) is 1. The fourth-order valence-corrected chi connectivity index (χ4v) is 3.11. The third-order valence-corrected chi connectivity index (χ3v) is 4.77. The predicted octanol–water partition coefficient (Wildman–Crippen LogP) is 0.410. The zero-order valence-corrected chi connectivity index (χ0v) is 16.2. The molecule has 0 unspecified atom stereocenters. The lowest BCUT2D eigenvalue weighted by Crippen LogP contribution is -2.38. The molecule has 9 heteroatoms. The monoisotopic (exact) mass is 373 g/mol. The normalized spacial score (nSPS) is 16.0. The Morgan fingerprint density at radius 3 is 2.44 bits per heavy atom. The second-order valence-corrected chi connectivity index (χ2v) is 6.51. The molecule has 1 saturated heterocycles. The van der Waals surface area contributed by atoms with Gasteiger partial charge in [-0.1, -0.05) is 0 Å². The topological polar surface area (TPSA) is 67.8 Å². The third kappa shape index (κ3) is 7.12. The molecule has 2 heterocycles. The summed E-state index contributed by atoms with van der Waals surface area (Å²) in [6, 6.07) is 0. The highest BCUT2D eigenvalue weighted by atomic mass is 32.1. The number of ether oxygens (including phenoxy) is 3. The highest BCUT2D eigenvalue weighted by Crippen LogP contribution is 2.04. The maximum Gasteiger partial charge on any atom is 0.195 e. The molecule has 1 aromatic rings. The number of rotatable bonds is 12. The van der Waals surface area contributed by atoms with Gasteiger partial charge in [-0.25, -0.2) is 0 Å². The van der Waals surface area contributed by atoms with Crippen LogP contribution in [0.2, 0.25) is 0 Å². The maximum atomic E-state index is 5.41. The summed E-state index contributed by atoms with van der Waals surface area (Å²) in [5.74, 6) is 1.02. The number of aromatic nitrogens is 3. The van der Waals surface area contributed by atoms with Crippen LogP contribution in [0.1, 0.15) is 5.82 Å². The van der Waals surface area contributed by atoms with Crippen molar-refractivity contribution in [3.63, 3.8) is 0 Å². The van der Waals surface area contributed by atoms with Gasteiger partial charge in [0.25, 0.3) is 0 Å². The van der Waals surface area contributed by atoms with Gasteiger partial charge in [0, 0.05) is 66.5 Å². The van der Waals surface area contributed by atoms with Crippen molar-refractivity contribution in [2.45, 2.75) is 13.0 Å². The van der Waals surface area contributed by atoms with Crippen molar-refractivity contribution in [3.05, 3.63) is 10.6 Å². The van der Waals surface area contributed by atoms with Crippen LogP contribution in [0.4, 0.5) is 0 Å². The Balaban J connectivity index is 1.86. The summed E-state index contributed by atoms with van der Waals surface area (Å²) in [5.41, 5.74) is 0. The van der Waals surface area contributed by atoms with Gasteiger partial charge in [0.05, 0.1) is 26.4 Å². The van der Waals surface area contributed by atoms with Gasteiger partial charge in [-0.2, -0.15) is 5.10 Å². The van der Waals surface area contributed by atoms with Crippen LogP contribution in [0.15, 0.2) is 0 Å². The Labute approximate surface area is 155 Å². The van der Waals surface area contributed by atoms with Crippen LogP contribution in [0.5, 0.6) is 0 Å². The summed E-state index contributed by atoms with van der Waals surface area (Å²) in [6.07, 6.45) is 0.892. The Morgan fingerprint density at radius 1 is 1.12 bits per heavy atom. The number of hydrogen-bond acceptors (Lipinski definition) is 7. The third-order valence-electron chi connectivity index (χ3n) is 4.46. The molecule has 0 bridgehead atoms. The zero-order chi connectivity index (χ0) is 17.9. The van der Waals surface area contributed by atoms with Crippen LogP contribution >= 0.6 is 12.2 Å². The van der Waals surface area contributed by atoms with Crippen molar-refractivity contribution in [2.24, 2.45) is 0 Å². The van der Waals surface area contributed by atoms with Gasteiger partial charge in [0.2, 0.25) is 0 Å². The van der Waals surface area contributed by atoms with Crippen molar-refractivity contribution in [2.75, 3.05) is 79.9 Å². The van der Waals surface area contributed by atoms with E-state index in [-0.39, 0.29) is 0 Å². The standard InChI is InChI=1S/C16H31N5O3S/c1-22-11-7-20(8-12-23-2)5-6-21-15(17-18-16(21)25)3-4-19-9-13-24-14-10-19/h3-14H2,1-2H3,(H,18,25). The maximum absolute atomic E-state index is 5.41. The predicted molar refractivity (Wildman–Crippen MR) is 98.6 cm³/mol. The number of nitrogens with zero attached hydrogens (tertiary/aromatic N) is 4. The van der Waals surface area contributed by atoms with Crippen LogP contribution in [-0.4, -0.2) is 104 Å². The number of aromatic amines is 1. The molecule has 8 nitrogen and oxygen atoms in total. The first-order valence-electron chi connectivity index (χ1n) is 8.89. The van der Waals surface area contributed by atoms with E-state index in [2.05, 4.69) is 24.6 Å². The zero-order valence-electron chi connectivity index (χ0n) is 15.4. The molecule has 0 saturated carbocycles. The molecule has 0 aliphatic carbocycles. The molecule has 1 aliphatic heterocycles. The minimum Gasteiger partial charge on any atom is -0.383 e. The molecular formula is C16H31N5O3S. The van der Waals surface area contributed by atoms with E-state index in [0.29, 0.717) is 18.0 Å². The second kappa shape index (κ2) is 11.7. The molecule has 1 aliphatic rings. The molecule has 1 N–H and O–H groups in total. The van der Waals surface area contributed by atoms with E-state index in [4.69, 9.17) is 26.4 Å². The first kappa shape index (κ1) is 20.5. The molecule has 2 rings (SSSR count). The van der Waals surface area contributed by atoms with Crippen molar-refractivity contribution < 1.29 is 14.2 Å². The van der Waals surface area contributed by atoms with Gasteiger partial charge in [0.1, 0.15) is 5.82 Å². The van der Waals surface area contributed by atoms with Gasteiger partial charge in [-0.15, -0.1) is 0 Å². The van der Waals surface area contributed by atoms with Crippen molar-refractivity contribution in [3.8, 4) is 0 Å². The Bertz CT molecular complexity index is 522. The molecule has 0 amide bonds. The van der Waals surface area contributed by atoms with E-state index in [1.54, 1.807) is 14.2 Å². The lowest BCUT2D eigenvalue weighted by atomic mass is 10.3. The molecular weight excluding hydrogens is 342 g/mol. The number of H-pyrrole nitrogens is 1.